The van der Waals surface area contributed by atoms with E-state index in [-0.39, 0.29) is 6.61 Å². The summed E-state index contributed by atoms with van der Waals surface area (Å²) in [6, 6.07) is 6.42. The first-order valence-corrected chi connectivity index (χ1v) is 7.50. The minimum Gasteiger partial charge on any atom is -0.465 e. The zero-order valence-corrected chi connectivity index (χ0v) is 11.7. The van der Waals surface area contributed by atoms with E-state index in [1.165, 1.54) is 0 Å². The first-order valence-electron chi connectivity index (χ1n) is 5.85. The number of nitrogens with one attached hydrogen (secondary N) is 1. The van der Waals surface area contributed by atoms with Gasteiger partial charge in [0.15, 0.2) is 5.75 Å². The van der Waals surface area contributed by atoms with Gasteiger partial charge in [0.05, 0.1) is 6.61 Å². The van der Waals surface area contributed by atoms with Crippen LogP contribution < -0.4 is 10.5 Å². The average molecular weight is 286 g/mol. The number of ether oxygens (including phenoxy) is 1. The maximum absolute atomic E-state index is 11.7. The summed E-state index contributed by atoms with van der Waals surface area (Å²) < 4.78 is 30.5. The predicted molar refractivity (Wildman–Crippen MR) is 72.8 cm³/mol. The maximum Gasteiger partial charge on any atom is 0.322 e. The number of esters is 1. The summed E-state index contributed by atoms with van der Waals surface area (Å²) in [5.41, 5.74) is 6.91. The molecule has 7 heteroatoms. The van der Waals surface area contributed by atoms with Crippen molar-refractivity contribution in [2.45, 2.75) is 19.9 Å². The lowest BCUT2D eigenvalue weighted by Crippen LogP contribution is -2.33. The lowest BCUT2D eigenvalue weighted by atomic mass is 10.1. The van der Waals surface area contributed by atoms with E-state index in [9.17, 15) is 13.2 Å². The highest BCUT2D eigenvalue weighted by atomic mass is 32.2. The van der Waals surface area contributed by atoms with Crippen LogP contribution in [0, 0.1) is 0 Å². The molecule has 19 heavy (non-hydrogen) atoms. The van der Waals surface area contributed by atoms with Crippen LogP contribution in [0.3, 0.4) is 0 Å². The Morgan fingerprint density at radius 1 is 1.47 bits per heavy atom. The minimum atomic E-state index is -3.73. The van der Waals surface area contributed by atoms with Crippen LogP contribution in [-0.2, 0) is 19.6 Å². The van der Waals surface area contributed by atoms with Crippen LogP contribution >= 0.6 is 0 Å². The number of nitrogen functional groups attached to an aromatic ring is 1. The van der Waals surface area contributed by atoms with Crippen molar-refractivity contribution in [3.63, 3.8) is 0 Å². The van der Waals surface area contributed by atoms with Crippen LogP contribution in [0.5, 0.6) is 0 Å². The second kappa shape index (κ2) is 6.53. The van der Waals surface area contributed by atoms with Gasteiger partial charge in [-0.3, -0.25) is 4.79 Å². The first-order chi connectivity index (χ1) is 8.84. The van der Waals surface area contributed by atoms with Gasteiger partial charge in [0.25, 0.3) is 0 Å². The molecule has 0 saturated heterocycles. The predicted octanol–water partition coefficient (Wildman–Crippen LogP) is 0.812. The highest BCUT2D eigenvalue weighted by Gasteiger charge is 2.20. The van der Waals surface area contributed by atoms with E-state index >= 15 is 0 Å². The molecule has 1 rings (SSSR count). The van der Waals surface area contributed by atoms with Gasteiger partial charge in [0.1, 0.15) is 0 Å². The molecule has 1 aromatic rings. The number of anilines is 1. The Balaban J connectivity index is 2.70. The second-order valence-corrected chi connectivity index (χ2v) is 5.83. The Kier molecular flexibility index (Phi) is 5.31. The van der Waals surface area contributed by atoms with E-state index in [1.54, 1.807) is 38.1 Å². The Hall–Kier alpha value is -1.60. The monoisotopic (exact) mass is 286 g/mol. The minimum absolute atomic E-state index is 0.152. The quantitative estimate of drug-likeness (QED) is 0.595. The van der Waals surface area contributed by atoms with Crippen molar-refractivity contribution in [1.82, 2.24) is 4.72 Å². The van der Waals surface area contributed by atoms with Gasteiger partial charge in [0, 0.05) is 11.7 Å². The van der Waals surface area contributed by atoms with Crippen LogP contribution in [0.2, 0.25) is 0 Å². The Morgan fingerprint density at radius 2 is 2.16 bits per heavy atom. The van der Waals surface area contributed by atoms with E-state index < -0.39 is 27.8 Å². The summed E-state index contributed by atoms with van der Waals surface area (Å²) in [6.45, 7) is 3.45. The Bertz CT molecular complexity index is 542. The fraction of sp³-hybridized carbons (Fsp3) is 0.417. The van der Waals surface area contributed by atoms with Gasteiger partial charge in [-0.2, -0.15) is 0 Å². The van der Waals surface area contributed by atoms with Crippen molar-refractivity contribution in [2.75, 3.05) is 18.1 Å². The fourth-order valence-electron chi connectivity index (χ4n) is 1.57. The van der Waals surface area contributed by atoms with Crippen molar-refractivity contribution in [2.24, 2.45) is 0 Å². The van der Waals surface area contributed by atoms with Crippen LogP contribution in [-0.4, -0.2) is 26.7 Å². The molecule has 1 unspecified atom stereocenters. The lowest BCUT2D eigenvalue weighted by Gasteiger charge is -2.14. The van der Waals surface area contributed by atoms with Gasteiger partial charge in [-0.1, -0.05) is 12.1 Å². The maximum atomic E-state index is 11.7. The zero-order chi connectivity index (χ0) is 14.5. The number of benzene rings is 1. The van der Waals surface area contributed by atoms with E-state index in [0.29, 0.717) is 5.69 Å². The molecule has 1 atom stereocenters. The summed E-state index contributed by atoms with van der Waals surface area (Å²) in [5.74, 6) is -1.46. The lowest BCUT2D eigenvalue weighted by molar-refractivity contribution is -0.139. The summed E-state index contributed by atoms with van der Waals surface area (Å²) >= 11 is 0. The third kappa shape index (κ3) is 5.27. The smallest absolute Gasteiger partial charge is 0.322 e. The third-order valence-corrected chi connectivity index (χ3v) is 3.71. The molecule has 0 radical (unpaired) electrons. The number of carbonyl (C=O) groups excluding carboxylic acids is 1. The van der Waals surface area contributed by atoms with Gasteiger partial charge in [-0.25, -0.2) is 13.1 Å². The fourth-order valence-corrected chi connectivity index (χ4v) is 2.72. The van der Waals surface area contributed by atoms with Crippen molar-refractivity contribution in [3.05, 3.63) is 29.8 Å². The summed E-state index contributed by atoms with van der Waals surface area (Å²) in [5, 5.41) is 0. The normalized spacial score (nSPS) is 12.9. The molecule has 6 nitrogen and oxygen atoms in total. The molecule has 0 aliphatic heterocycles. The van der Waals surface area contributed by atoms with Gasteiger partial charge in [0.2, 0.25) is 10.0 Å². The molecule has 0 saturated carbocycles. The SMILES string of the molecule is CCOC(=O)CS(=O)(=O)NC(C)c1cccc(N)c1. The summed E-state index contributed by atoms with van der Waals surface area (Å²) in [6.07, 6.45) is 0. The van der Waals surface area contributed by atoms with E-state index in [2.05, 4.69) is 9.46 Å². The average Bonchev–Trinajstić information content (AvgIpc) is 2.27. The number of hydrogen-bond acceptors (Lipinski definition) is 5. The number of rotatable bonds is 6. The molecule has 106 valence electrons. The molecular weight excluding hydrogens is 268 g/mol. The molecule has 0 aliphatic rings. The summed E-state index contributed by atoms with van der Waals surface area (Å²) in [4.78, 5) is 11.2. The molecule has 0 fully saturated rings. The van der Waals surface area contributed by atoms with Crippen LogP contribution in [0.4, 0.5) is 5.69 Å². The highest BCUT2D eigenvalue weighted by Crippen LogP contribution is 2.16. The molecule has 0 spiro atoms. The molecule has 0 amide bonds. The van der Waals surface area contributed by atoms with Crippen molar-refractivity contribution in [3.8, 4) is 0 Å². The van der Waals surface area contributed by atoms with Gasteiger partial charge in [-0.05, 0) is 31.5 Å². The molecule has 0 aromatic heterocycles. The molecule has 1 aromatic carbocycles. The third-order valence-electron chi connectivity index (χ3n) is 2.38. The topological polar surface area (TPSA) is 98.5 Å². The molecular formula is C12H18N2O4S. The standard InChI is InChI=1S/C12H18N2O4S/c1-3-18-12(15)8-19(16,17)14-9(2)10-5-4-6-11(13)7-10/h4-7,9,14H,3,8,13H2,1-2H3. The van der Waals surface area contributed by atoms with Crippen LogP contribution in [0.25, 0.3) is 0 Å². The van der Waals surface area contributed by atoms with E-state index in [4.69, 9.17) is 5.73 Å². The second-order valence-electron chi connectivity index (χ2n) is 4.07. The number of nitrogens with two attached hydrogens (primary N) is 1. The molecule has 3 N–H and O–H groups in total. The highest BCUT2D eigenvalue weighted by molar-refractivity contribution is 7.90. The van der Waals surface area contributed by atoms with Gasteiger partial charge in [-0.15, -0.1) is 0 Å². The summed E-state index contributed by atoms with van der Waals surface area (Å²) in [7, 11) is -3.73. The van der Waals surface area contributed by atoms with Gasteiger partial charge < -0.3 is 10.5 Å². The zero-order valence-electron chi connectivity index (χ0n) is 10.9. The number of sulfonamides is 1. The number of carbonyl (C=O) groups is 1. The first kappa shape index (κ1) is 15.5. The van der Waals surface area contributed by atoms with Crippen LogP contribution in [0.1, 0.15) is 25.5 Å². The van der Waals surface area contributed by atoms with Crippen LogP contribution in [0.15, 0.2) is 24.3 Å². The van der Waals surface area contributed by atoms with Crippen molar-refractivity contribution in [1.29, 1.82) is 0 Å². The van der Waals surface area contributed by atoms with Crippen molar-refractivity contribution >= 4 is 21.7 Å². The molecule has 0 aliphatic carbocycles. The van der Waals surface area contributed by atoms with E-state index in [1.807, 2.05) is 0 Å². The Labute approximate surface area is 113 Å². The van der Waals surface area contributed by atoms with Crippen molar-refractivity contribution < 1.29 is 17.9 Å². The molecule has 0 bridgehead atoms. The molecule has 0 heterocycles. The largest absolute Gasteiger partial charge is 0.465 e. The number of hydrogen-bond donors (Lipinski definition) is 2. The Morgan fingerprint density at radius 3 is 2.74 bits per heavy atom. The van der Waals surface area contributed by atoms with Gasteiger partial charge >= 0.3 is 5.97 Å². The van der Waals surface area contributed by atoms with E-state index in [0.717, 1.165) is 5.56 Å².